The van der Waals surface area contributed by atoms with Crippen LogP contribution in [0.3, 0.4) is 0 Å². The van der Waals surface area contributed by atoms with Gasteiger partial charge >= 0.3 is 5.97 Å². The Morgan fingerprint density at radius 2 is 1.89 bits per heavy atom. The van der Waals surface area contributed by atoms with Gasteiger partial charge in [-0.05, 0) is 115 Å². The Kier molecular flexibility index (Phi) is 8.22. The van der Waals surface area contributed by atoms with Gasteiger partial charge in [0.2, 0.25) is 0 Å². The number of hydrogen-bond acceptors (Lipinski definition) is 8. The number of aromatic nitrogens is 2. The molecule has 9 nitrogen and oxygen atoms in total. The monoisotopic (exact) mass is 633 g/mol. The highest BCUT2D eigenvalue weighted by Gasteiger charge is 2.55. The first-order valence-corrected chi connectivity index (χ1v) is 17.3. The normalized spacial score (nSPS) is 28.6. The zero-order valence-electron chi connectivity index (χ0n) is 27.7. The van der Waals surface area contributed by atoms with Crippen LogP contribution in [0.5, 0.6) is 11.5 Å². The molecule has 8 rings (SSSR count). The number of esters is 1. The molecule has 4 atom stereocenters. The molecule has 0 radical (unpaired) electrons. The molecule has 2 aromatic rings. The number of fused-ring (bicyclic) bond motifs is 2. The lowest BCUT2D eigenvalue weighted by molar-refractivity contribution is -0.137. The number of carbonyl (C=O) groups excluding carboxylic acids is 2. The molecule has 2 bridgehead atoms. The maximum absolute atomic E-state index is 14.4. The number of nitrogens with zero attached hydrogens (tertiary/aromatic N) is 5. The lowest BCUT2D eigenvalue weighted by Gasteiger charge is -2.56. The zero-order chi connectivity index (χ0) is 32.2. The first kappa shape index (κ1) is 31.3. The summed E-state index contributed by atoms with van der Waals surface area (Å²) in [5, 5.41) is 0. The second-order valence-corrected chi connectivity index (χ2v) is 15.4. The molecule has 3 saturated carbocycles. The van der Waals surface area contributed by atoms with Crippen LogP contribution < -0.4 is 9.64 Å². The topological polar surface area (TPSA) is 88.1 Å². The van der Waals surface area contributed by atoms with Crippen molar-refractivity contribution in [2.45, 2.75) is 84.7 Å². The summed E-state index contributed by atoms with van der Waals surface area (Å²) < 4.78 is 26.1. The van der Waals surface area contributed by atoms with E-state index in [-0.39, 0.29) is 40.4 Å². The molecule has 2 spiro atoms. The molecular formula is C36H48FN5O4. The summed E-state index contributed by atoms with van der Waals surface area (Å²) >= 11 is 0. The van der Waals surface area contributed by atoms with E-state index in [1.54, 1.807) is 11.1 Å². The van der Waals surface area contributed by atoms with Crippen LogP contribution in [0.15, 0.2) is 30.7 Å². The van der Waals surface area contributed by atoms with E-state index in [1.165, 1.54) is 56.8 Å². The minimum atomic E-state index is -0.483. The molecule has 248 valence electrons. The number of anilines is 1. The standard InChI is InChI=1S/C36H48FN5O4/c1-23(2)42(24(3)4)34(44)29-14-28(37)7-8-30(29)46-31-17-38-22-39-33(31)41-19-35(20-41)9-11-40(12-10-35)18-26-13-27-6-5-25(26)15-36(27)16-32(43)45-21-36/h7-8,14,17,22-27H,5-6,9-13,15-16,18-21H2,1-4H3/t25?,26-,27?,36?/m1/s1. The van der Waals surface area contributed by atoms with Crippen LogP contribution >= 0.6 is 0 Å². The lowest BCUT2D eigenvalue weighted by Crippen LogP contribution is -2.61. The number of hydrogen-bond donors (Lipinski definition) is 0. The van der Waals surface area contributed by atoms with Crippen molar-refractivity contribution in [3.05, 3.63) is 42.1 Å². The predicted octanol–water partition coefficient (Wildman–Crippen LogP) is 5.94. The fourth-order valence-corrected chi connectivity index (χ4v) is 9.54. The highest BCUT2D eigenvalue weighted by molar-refractivity contribution is 5.97. The molecular weight excluding hydrogens is 585 g/mol. The highest BCUT2D eigenvalue weighted by Crippen LogP contribution is 2.58. The van der Waals surface area contributed by atoms with E-state index in [1.807, 2.05) is 27.7 Å². The number of cyclic esters (lactones) is 1. The lowest BCUT2D eigenvalue weighted by atomic mass is 9.52. The summed E-state index contributed by atoms with van der Waals surface area (Å²) in [6.45, 7) is 13.7. The molecule has 4 heterocycles. The van der Waals surface area contributed by atoms with Gasteiger partial charge in [-0.25, -0.2) is 14.4 Å². The van der Waals surface area contributed by atoms with Crippen LogP contribution in [0.25, 0.3) is 0 Å². The quantitative estimate of drug-likeness (QED) is 0.330. The van der Waals surface area contributed by atoms with Crippen LogP contribution in [0.2, 0.25) is 0 Å². The molecule has 46 heavy (non-hydrogen) atoms. The van der Waals surface area contributed by atoms with Crippen molar-refractivity contribution in [1.82, 2.24) is 19.8 Å². The van der Waals surface area contributed by atoms with Gasteiger partial charge in [0.15, 0.2) is 11.6 Å². The maximum Gasteiger partial charge on any atom is 0.306 e. The first-order chi connectivity index (χ1) is 22.0. The third-order valence-electron chi connectivity index (χ3n) is 11.9. The van der Waals surface area contributed by atoms with Gasteiger partial charge in [-0.15, -0.1) is 0 Å². The molecule has 10 heteroatoms. The van der Waals surface area contributed by atoms with Crippen molar-refractivity contribution in [3.63, 3.8) is 0 Å². The van der Waals surface area contributed by atoms with Crippen LogP contribution in [0.1, 0.15) is 83.0 Å². The van der Waals surface area contributed by atoms with E-state index in [0.717, 1.165) is 50.9 Å². The number of benzene rings is 1. The van der Waals surface area contributed by atoms with Crippen molar-refractivity contribution >= 4 is 17.7 Å². The SMILES string of the molecule is CC(C)N(C(=O)c1cc(F)ccc1Oc1cncnc1N1CC2(CCN(C[C@H]3CC4CCC3CC43COC(=O)C3)CC2)C1)C(C)C. The molecule has 3 unspecified atom stereocenters. The minimum absolute atomic E-state index is 0.00976. The van der Waals surface area contributed by atoms with E-state index in [9.17, 15) is 14.0 Å². The van der Waals surface area contributed by atoms with Gasteiger partial charge in [0.25, 0.3) is 5.91 Å². The summed E-state index contributed by atoms with van der Waals surface area (Å²) in [5.74, 6) is 2.84. The van der Waals surface area contributed by atoms with E-state index >= 15 is 0 Å². The van der Waals surface area contributed by atoms with Crippen LogP contribution in [0, 0.1) is 34.4 Å². The Morgan fingerprint density at radius 1 is 1.13 bits per heavy atom. The van der Waals surface area contributed by atoms with Crippen LogP contribution in [0.4, 0.5) is 10.2 Å². The molecule has 1 amide bonds. The number of rotatable bonds is 8. The summed E-state index contributed by atoms with van der Waals surface area (Å²) in [5.41, 5.74) is 0.593. The van der Waals surface area contributed by atoms with Crippen molar-refractivity contribution in [3.8, 4) is 11.5 Å². The van der Waals surface area contributed by atoms with Gasteiger partial charge in [0, 0.05) is 42.5 Å². The fourth-order valence-electron chi connectivity index (χ4n) is 9.54. The van der Waals surface area contributed by atoms with Crippen LogP contribution in [-0.2, 0) is 9.53 Å². The van der Waals surface area contributed by atoms with Crippen molar-refractivity contribution < 1.29 is 23.5 Å². The Labute approximate surface area is 271 Å². The number of halogens is 1. The van der Waals surface area contributed by atoms with Gasteiger partial charge in [-0.1, -0.05) is 0 Å². The fraction of sp³-hybridized carbons (Fsp3) is 0.667. The van der Waals surface area contributed by atoms with Crippen LogP contribution in [-0.4, -0.2) is 83.1 Å². The number of piperidine rings is 1. The third kappa shape index (κ3) is 5.75. The molecule has 3 aliphatic carbocycles. The highest BCUT2D eigenvalue weighted by atomic mass is 19.1. The first-order valence-electron chi connectivity index (χ1n) is 17.3. The van der Waals surface area contributed by atoms with Crippen molar-refractivity contribution in [1.29, 1.82) is 0 Å². The summed E-state index contributed by atoms with van der Waals surface area (Å²) in [6.07, 6.45) is 11.1. The second-order valence-electron chi connectivity index (χ2n) is 15.4. The molecule has 1 aromatic carbocycles. The smallest absolute Gasteiger partial charge is 0.306 e. The Morgan fingerprint density at radius 3 is 2.54 bits per heavy atom. The Hall–Kier alpha value is -3.27. The number of amides is 1. The van der Waals surface area contributed by atoms with Gasteiger partial charge in [0.1, 0.15) is 17.9 Å². The maximum atomic E-state index is 14.4. The van der Waals surface area contributed by atoms with Crippen molar-refractivity contribution in [2.75, 3.05) is 44.2 Å². The molecule has 6 aliphatic rings. The van der Waals surface area contributed by atoms with Gasteiger partial charge in [-0.3, -0.25) is 9.59 Å². The average Bonchev–Trinajstić information content (AvgIpc) is 3.37. The number of likely N-dealkylation sites (tertiary alicyclic amines) is 1. The van der Waals surface area contributed by atoms with E-state index in [4.69, 9.17) is 9.47 Å². The summed E-state index contributed by atoms with van der Waals surface area (Å²) in [4.78, 5) is 41.0. The Balaban J connectivity index is 0.970. The van der Waals surface area contributed by atoms with Crippen molar-refractivity contribution in [2.24, 2.45) is 28.6 Å². The number of ether oxygens (including phenoxy) is 2. The second kappa shape index (κ2) is 12.1. The number of carbonyl (C=O) groups is 2. The van der Waals surface area contributed by atoms with E-state index in [0.29, 0.717) is 36.3 Å². The molecule has 1 aromatic heterocycles. The van der Waals surface area contributed by atoms with Gasteiger partial charge in [0.05, 0.1) is 24.8 Å². The van der Waals surface area contributed by atoms with E-state index < -0.39 is 5.82 Å². The largest absolute Gasteiger partial charge is 0.465 e. The molecule has 3 aliphatic heterocycles. The summed E-state index contributed by atoms with van der Waals surface area (Å²) in [6, 6.07) is 3.99. The molecule has 6 fully saturated rings. The summed E-state index contributed by atoms with van der Waals surface area (Å²) in [7, 11) is 0. The minimum Gasteiger partial charge on any atom is -0.465 e. The predicted molar refractivity (Wildman–Crippen MR) is 172 cm³/mol. The van der Waals surface area contributed by atoms with Gasteiger partial charge in [-0.2, -0.15) is 0 Å². The molecule has 3 saturated heterocycles. The third-order valence-corrected chi connectivity index (χ3v) is 11.9. The van der Waals surface area contributed by atoms with E-state index in [2.05, 4.69) is 19.8 Å². The van der Waals surface area contributed by atoms with Gasteiger partial charge < -0.3 is 24.2 Å². The average molecular weight is 634 g/mol. The Bertz CT molecular complexity index is 1460. The molecule has 0 N–H and O–H groups in total. The zero-order valence-corrected chi connectivity index (χ0v) is 27.7.